The van der Waals surface area contributed by atoms with Gasteiger partial charge in [-0.1, -0.05) is 40.0 Å². The molecule has 1 aromatic rings. The van der Waals surface area contributed by atoms with Crippen molar-refractivity contribution in [3.63, 3.8) is 0 Å². The Labute approximate surface area is 245 Å². The van der Waals surface area contributed by atoms with Gasteiger partial charge in [0, 0.05) is 53.9 Å². The summed E-state index contributed by atoms with van der Waals surface area (Å²) in [5.74, 6) is 2.46. The summed E-state index contributed by atoms with van der Waals surface area (Å²) in [4.78, 5) is 20.7. The van der Waals surface area contributed by atoms with Crippen molar-refractivity contribution in [3.8, 4) is 0 Å². The largest absolute Gasteiger partial charge is 0.354 e. The third kappa shape index (κ3) is 7.58. The van der Waals surface area contributed by atoms with Crippen molar-refractivity contribution in [2.24, 2.45) is 0 Å². The Balaban J connectivity index is 1.90. The lowest BCUT2D eigenvalue weighted by Gasteiger charge is -2.57. The summed E-state index contributed by atoms with van der Waals surface area (Å²) >= 11 is 0. The van der Waals surface area contributed by atoms with Crippen molar-refractivity contribution < 1.29 is 0 Å². The predicted octanol–water partition coefficient (Wildman–Crippen LogP) is 6.28. The van der Waals surface area contributed by atoms with Crippen molar-refractivity contribution in [3.05, 3.63) is 0 Å². The maximum Gasteiger partial charge on any atom is 0.232 e. The minimum absolute atomic E-state index is 0.00210. The van der Waals surface area contributed by atoms with Crippen LogP contribution in [-0.2, 0) is 0 Å². The summed E-state index contributed by atoms with van der Waals surface area (Å²) in [5.41, 5.74) is 0.0546. The highest BCUT2D eigenvalue weighted by molar-refractivity contribution is 5.47. The van der Waals surface area contributed by atoms with Crippen LogP contribution in [-0.4, -0.2) is 68.8 Å². The first-order chi connectivity index (χ1) is 18.8. The Bertz CT molecular complexity index is 911. The molecule has 6 bridgehead atoms. The van der Waals surface area contributed by atoms with E-state index in [4.69, 9.17) is 15.0 Å². The lowest BCUT2D eigenvalue weighted by Crippen LogP contribution is -2.70. The smallest absolute Gasteiger partial charge is 0.232 e. The minimum Gasteiger partial charge on any atom is -0.354 e. The highest BCUT2D eigenvalue weighted by Crippen LogP contribution is 2.43. The molecule has 0 saturated carbocycles. The molecule has 2 saturated heterocycles. The second-order valence-corrected chi connectivity index (χ2v) is 15.1. The molecule has 4 unspecified atom stereocenters. The molecule has 0 spiro atoms. The third-order valence-corrected chi connectivity index (χ3v) is 9.25. The Morgan fingerprint density at radius 2 is 1.12 bits per heavy atom. The van der Waals surface area contributed by atoms with E-state index in [1.54, 1.807) is 0 Å². The summed E-state index contributed by atoms with van der Waals surface area (Å²) in [6, 6.07) is 0.733. The number of fused-ring (bicyclic) bond motifs is 6. The molecule has 8 nitrogen and oxygen atoms in total. The topological polar surface area (TPSA) is 81.2 Å². The summed E-state index contributed by atoms with van der Waals surface area (Å²) in [6.45, 7) is 24.1. The first kappa shape index (κ1) is 31.3. The van der Waals surface area contributed by atoms with Gasteiger partial charge in [0.15, 0.2) is 0 Å². The van der Waals surface area contributed by atoms with Crippen molar-refractivity contribution in [2.75, 3.05) is 34.8 Å². The number of nitrogens with zero attached hydrogens (tertiary/aromatic N) is 5. The van der Waals surface area contributed by atoms with E-state index < -0.39 is 0 Å². The average Bonchev–Trinajstić information content (AvgIpc) is 2.81. The van der Waals surface area contributed by atoms with Gasteiger partial charge >= 0.3 is 0 Å². The van der Waals surface area contributed by atoms with Gasteiger partial charge in [0.2, 0.25) is 17.8 Å². The lowest BCUT2D eigenvalue weighted by atomic mass is 9.68. The van der Waals surface area contributed by atoms with E-state index in [1.807, 2.05) is 0 Å². The molecule has 228 valence electrons. The summed E-state index contributed by atoms with van der Waals surface area (Å²) < 4.78 is 0. The second kappa shape index (κ2) is 12.3. The average molecular weight is 557 g/mol. The predicted molar refractivity (Wildman–Crippen MR) is 170 cm³/mol. The molecule has 4 rings (SSSR count). The van der Waals surface area contributed by atoms with Gasteiger partial charge in [-0.15, -0.1) is 0 Å². The number of hydrogen-bond donors (Lipinski definition) is 3. The molecular formula is C32H60N8. The van der Waals surface area contributed by atoms with Crippen molar-refractivity contribution in [1.82, 2.24) is 25.6 Å². The maximum absolute atomic E-state index is 5.35. The Kier molecular flexibility index (Phi) is 9.60. The molecule has 8 heteroatoms. The number of unbranched alkanes of at least 4 members (excludes halogenated alkanes) is 3. The standard InChI is InChI=1S/C32H60N8/c1-10-13-16-33-26-34-27-36-28(35-26)40(18-15-12-3)25-20-30(6,7)38-32(9,22-25)23-31(8)21-24(19-29(4,5)37-31)39(27)17-14-11-2/h24-25,37-38H,10-23H2,1-9H3,(H,33,34,35,36). The van der Waals surface area contributed by atoms with E-state index in [2.05, 4.69) is 88.1 Å². The molecule has 0 aliphatic carbocycles. The fourth-order valence-corrected chi connectivity index (χ4v) is 8.35. The van der Waals surface area contributed by atoms with Crippen LogP contribution in [0.2, 0.25) is 0 Å². The zero-order valence-electron chi connectivity index (χ0n) is 27.3. The van der Waals surface area contributed by atoms with Gasteiger partial charge in [0.1, 0.15) is 0 Å². The van der Waals surface area contributed by atoms with Crippen LogP contribution in [0, 0.1) is 0 Å². The Hall–Kier alpha value is -1.67. The fraction of sp³-hybridized carbons (Fsp3) is 0.906. The van der Waals surface area contributed by atoms with Crippen LogP contribution >= 0.6 is 0 Å². The first-order valence-electron chi connectivity index (χ1n) is 16.4. The summed E-state index contributed by atoms with van der Waals surface area (Å²) in [6.07, 6.45) is 12.2. The molecule has 2 fully saturated rings. The SMILES string of the molecule is CCCCNc1nc2nc(n1)N(CCCC)C1CC(C)(C)NC(C)(C1)CC1(C)CC(CC(C)(C)N1)N2CCCC. The number of anilines is 3. The van der Waals surface area contributed by atoms with E-state index in [0.29, 0.717) is 12.1 Å². The molecule has 0 radical (unpaired) electrons. The quantitative estimate of drug-likeness (QED) is 0.291. The molecule has 0 aromatic carbocycles. The van der Waals surface area contributed by atoms with Gasteiger partial charge in [-0.3, -0.25) is 0 Å². The van der Waals surface area contributed by atoms with Crippen molar-refractivity contribution in [1.29, 1.82) is 0 Å². The molecule has 3 aliphatic heterocycles. The second-order valence-electron chi connectivity index (χ2n) is 15.1. The Morgan fingerprint density at radius 3 is 1.55 bits per heavy atom. The molecule has 3 N–H and O–H groups in total. The molecule has 3 aliphatic rings. The fourth-order valence-electron chi connectivity index (χ4n) is 8.35. The normalized spacial score (nSPS) is 31.3. The van der Waals surface area contributed by atoms with Crippen LogP contribution in [0.5, 0.6) is 0 Å². The maximum atomic E-state index is 5.35. The number of rotatable bonds is 10. The van der Waals surface area contributed by atoms with Gasteiger partial charge in [0.25, 0.3) is 0 Å². The zero-order valence-corrected chi connectivity index (χ0v) is 27.3. The highest BCUT2D eigenvalue weighted by Gasteiger charge is 2.50. The molecule has 1 aromatic heterocycles. The van der Waals surface area contributed by atoms with Crippen LogP contribution < -0.4 is 25.8 Å². The molecule has 4 heterocycles. The van der Waals surface area contributed by atoms with Crippen LogP contribution in [0.25, 0.3) is 0 Å². The number of nitrogens with one attached hydrogen (secondary N) is 3. The third-order valence-electron chi connectivity index (χ3n) is 9.25. The van der Waals surface area contributed by atoms with Crippen LogP contribution in [0.4, 0.5) is 17.8 Å². The summed E-state index contributed by atoms with van der Waals surface area (Å²) in [7, 11) is 0. The highest BCUT2D eigenvalue weighted by atomic mass is 15.4. The van der Waals surface area contributed by atoms with Crippen LogP contribution in [0.1, 0.15) is 133 Å². The van der Waals surface area contributed by atoms with E-state index in [1.165, 1.54) is 0 Å². The van der Waals surface area contributed by atoms with Gasteiger partial charge in [0.05, 0.1) is 0 Å². The Morgan fingerprint density at radius 1 is 0.675 bits per heavy atom. The van der Waals surface area contributed by atoms with E-state index in [0.717, 1.165) is 108 Å². The minimum atomic E-state index is 0.00210. The van der Waals surface area contributed by atoms with Crippen molar-refractivity contribution in [2.45, 2.75) is 167 Å². The van der Waals surface area contributed by atoms with Crippen molar-refractivity contribution >= 4 is 17.8 Å². The van der Waals surface area contributed by atoms with Crippen LogP contribution in [0.15, 0.2) is 0 Å². The van der Waals surface area contributed by atoms with E-state index in [9.17, 15) is 0 Å². The molecule has 4 atom stereocenters. The number of aromatic nitrogens is 3. The summed E-state index contributed by atoms with van der Waals surface area (Å²) in [5, 5.41) is 11.9. The van der Waals surface area contributed by atoms with Gasteiger partial charge in [-0.05, 0) is 92.9 Å². The van der Waals surface area contributed by atoms with Gasteiger partial charge in [-0.2, -0.15) is 15.0 Å². The van der Waals surface area contributed by atoms with E-state index >= 15 is 0 Å². The number of piperidine rings is 2. The molecule has 40 heavy (non-hydrogen) atoms. The monoisotopic (exact) mass is 556 g/mol. The zero-order chi connectivity index (χ0) is 29.2. The van der Waals surface area contributed by atoms with Crippen LogP contribution in [0.3, 0.4) is 0 Å². The van der Waals surface area contributed by atoms with Gasteiger partial charge in [-0.25, -0.2) is 0 Å². The number of hydrogen-bond acceptors (Lipinski definition) is 8. The molecular weight excluding hydrogens is 496 g/mol. The molecule has 0 amide bonds. The lowest BCUT2D eigenvalue weighted by molar-refractivity contribution is 0.0656. The van der Waals surface area contributed by atoms with E-state index in [-0.39, 0.29) is 22.2 Å². The van der Waals surface area contributed by atoms with Gasteiger partial charge < -0.3 is 25.8 Å². The first-order valence-corrected chi connectivity index (χ1v) is 16.4.